The largest absolute Gasteiger partial charge is 0.423 e. The predicted octanol–water partition coefficient (Wildman–Crippen LogP) is 3.57. The van der Waals surface area contributed by atoms with Crippen LogP contribution >= 0.6 is 0 Å². The quantitative estimate of drug-likeness (QED) is 0.503. The molecule has 0 unspecified atom stereocenters. The molecule has 1 saturated carbocycles. The molecular weight excluding hydrogens is 390 g/mol. The Kier molecular flexibility index (Phi) is 6.58. The molecule has 2 aromatic rings. The molecule has 0 bridgehead atoms. The summed E-state index contributed by atoms with van der Waals surface area (Å²) < 4.78 is 5.41. The maximum absolute atomic E-state index is 13.2. The smallest absolute Gasteiger partial charge is 0.336 e. The summed E-state index contributed by atoms with van der Waals surface area (Å²) in [5, 5.41) is 0.895. The van der Waals surface area contributed by atoms with Gasteiger partial charge in [0, 0.05) is 74.9 Å². The van der Waals surface area contributed by atoms with Crippen LogP contribution in [-0.2, 0) is 4.79 Å². The van der Waals surface area contributed by atoms with Crippen LogP contribution in [0.4, 0.5) is 5.69 Å². The first-order valence-corrected chi connectivity index (χ1v) is 11.4. The maximum atomic E-state index is 13.2. The summed E-state index contributed by atoms with van der Waals surface area (Å²) in [6.45, 7) is 11.6. The van der Waals surface area contributed by atoms with Crippen molar-refractivity contribution in [3.63, 3.8) is 0 Å². The highest BCUT2D eigenvalue weighted by Gasteiger charge is 2.31. The number of aryl methyl sites for hydroxylation is 1. The molecule has 1 aliphatic heterocycles. The molecule has 6 heteroatoms. The molecule has 1 aromatic heterocycles. The monoisotopic (exact) mass is 423 g/mol. The van der Waals surface area contributed by atoms with Crippen LogP contribution in [0.2, 0.25) is 0 Å². The second-order valence-electron chi connectivity index (χ2n) is 9.07. The van der Waals surface area contributed by atoms with Crippen LogP contribution in [0.3, 0.4) is 0 Å². The number of rotatable bonds is 7. The van der Waals surface area contributed by atoms with Gasteiger partial charge in [0.15, 0.2) is 0 Å². The Morgan fingerprint density at radius 3 is 2.58 bits per heavy atom. The van der Waals surface area contributed by atoms with E-state index in [1.807, 2.05) is 39.0 Å². The first-order valence-electron chi connectivity index (χ1n) is 11.4. The van der Waals surface area contributed by atoms with Crippen LogP contribution in [0.5, 0.6) is 0 Å². The van der Waals surface area contributed by atoms with E-state index in [4.69, 9.17) is 4.42 Å². The number of piperazine rings is 1. The van der Waals surface area contributed by atoms with Crippen molar-refractivity contribution in [1.82, 2.24) is 9.80 Å². The van der Waals surface area contributed by atoms with Crippen LogP contribution in [0.25, 0.3) is 11.0 Å². The molecule has 2 heterocycles. The lowest BCUT2D eigenvalue weighted by atomic mass is 10.1. The standard InChI is InChI=1S/C25H33N3O3/c1-18(2)8-11-28(21-6-7-22-19(3)16-25(30)31-23(22)17-21)24(29)9-10-26-12-14-27(15-13-26)20-4-5-20/h6-8,16-17,20H,4-5,9-15H2,1-3H3. The van der Waals surface area contributed by atoms with Crippen molar-refractivity contribution >= 4 is 22.6 Å². The summed E-state index contributed by atoms with van der Waals surface area (Å²) in [6.07, 6.45) is 5.24. The van der Waals surface area contributed by atoms with Crippen LogP contribution in [-0.4, -0.2) is 61.0 Å². The average Bonchev–Trinajstić information content (AvgIpc) is 3.57. The summed E-state index contributed by atoms with van der Waals surface area (Å²) in [4.78, 5) is 31.8. The number of hydrogen-bond donors (Lipinski definition) is 0. The Morgan fingerprint density at radius 2 is 1.90 bits per heavy atom. The third-order valence-corrected chi connectivity index (χ3v) is 6.34. The molecule has 1 aliphatic carbocycles. The van der Waals surface area contributed by atoms with Crippen molar-refractivity contribution in [3.05, 3.63) is 51.9 Å². The highest BCUT2D eigenvalue weighted by Crippen LogP contribution is 2.28. The molecular formula is C25H33N3O3. The van der Waals surface area contributed by atoms with Gasteiger partial charge in [-0.2, -0.15) is 0 Å². The number of nitrogens with zero attached hydrogens (tertiary/aromatic N) is 3. The fourth-order valence-electron chi connectivity index (χ4n) is 4.29. The Morgan fingerprint density at radius 1 is 1.16 bits per heavy atom. The topological polar surface area (TPSA) is 57.0 Å². The Balaban J connectivity index is 1.46. The number of anilines is 1. The number of allylic oxidation sites excluding steroid dienone is 1. The van der Waals surface area contributed by atoms with Crippen molar-refractivity contribution in [3.8, 4) is 0 Å². The van der Waals surface area contributed by atoms with Gasteiger partial charge in [0.2, 0.25) is 5.91 Å². The number of carbonyl (C=O) groups is 1. The number of benzene rings is 1. The van der Waals surface area contributed by atoms with Crippen LogP contribution in [0, 0.1) is 6.92 Å². The maximum Gasteiger partial charge on any atom is 0.336 e. The first-order chi connectivity index (χ1) is 14.9. The normalized spacial score (nSPS) is 17.6. The van der Waals surface area contributed by atoms with Gasteiger partial charge in [-0.05, 0) is 51.3 Å². The van der Waals surface area contributed by atoms with Crippen molar-refractivity contribution in [2.75, 3.05) is 44.2 Å². The number of fused-ring (bicyclic) bond motifs is 1. The minimum Gasteiger partial charge on any atom is -0.423 e. The fourth-order valence-corrected chi connectivity index (χ4v) is 4.29. The zero-order chi connectivity index (χ0) is 22.0. The minimum atomic E-state index is -0.366. The summed E-state index contributed by atoms with van der Waals surface area (Å²) in [6, 6.07) is 8.01. The lowest BCUT2D eigenvalue weighted by Crippen LogP contribution is -2.48. The van der Waals surface area contributed by atoms with E-state index in [1.165, 1.54) is 18.9 Å². The van der Waals surface area contributed by atoms with Crippen molar-refractivity contribution in [2.45, 2.75) is 46.1 Å². The molecule has 4 rings (SSSR count). The molecule has 0 atom stereocenters. The van der Waals surface area contributed by atoms with E-state index in [9.17, 15) is 9.59 Å². The van der Waals surface area contributed by atoms with Gasteiger partial charge in [-0.3, -0.25) is 9.69 Å². The van der Waals surface area contributed by atoms with Crippen LogP contribution < -0.4 is 10.5 Å². The predicted molar refractivity (Wildman–Crippen MR) is 125 cm³/mol. The molecule has 0 spiro atoms. The lowest BCUT2D eigenvalue weighted by molar-refractivity contribution is -0.118. The third-order valence-electron chi connectivity index (χ3n) is 6.34. The molecule has 166 valence electrons. The summed E-state index contributed by atoms with van der Waals surface area (Å²) >= 11 is 0. The lowest BCUT2D eigenvalue weighted by Gasteiger charge is -2.35. The Bertz CT molecular complexity index is 1030. The molecule has 0 N–H and O–H groups in total. The summed E-state index contributed by atoms with van der Waals surface area (Å²) in [5.41, 5.74) is 2.97. The SMILES string of the molecule is CC(C)=CCN(C(=O)CCN1CCN(C2CC2)CC1)c1ccc2c(C)cc(=O)oc2c1. The fraction of sp³-hybridized carbons (Fsp3) is 0.520. The second kappa shape index (κ2) is 9.37. The molecule has 1 saturated heterocycles. The van der Waals surface area contributed by atoms with E-state index in [-0.39, 0.29) is 11.5 Å². The number of amides is 1. The van der Waals surface area contributed by atoms with Gasteiger partial charge >= 0.3 is 5.63 Å². The zero-order valence-corrected chi connectivity index (χ0v) is 18.9. The molecule has 31 heavy (non-hydrogen) atoms. The Hall–Kier alpha value is -2.44. The van der Waals surface area contributed by atoms with E-state index < -0.39 is 0 Å². The second-order valence-corrected chi connectivity index (χ2v) is 9.07. The van der Waals surface area contributed by atoms with Crippen molar-refractivity contribution < 1.29 is 9.21 Å². The third kappa shape index (κ3) is 5.43. The van der Waals surface area contributed by atoms with Crippen LogP contribution in [0.1, 0.15) is 38.7 Å². The first kappa shape index (κ1) is 21.8. The van der Waals surface area contributed by atoms with E-state index >= 15 is 0 Å². The summed E-state index contributed by atoms with van der Waals surface area (Å²) in [5.74, 6) is 0.0940. The average molecular weight is 424 g/mol. The molecule has 2 fully saturated rings. The number of hydrogen-bond acceptors (Lipinski definition) is 5. The van der Waals surface area contributed by atoms with Gasteiger partial charge in [0.25, 0.3) is 0 Å². The Labute approximate surface area is 184 Å². The van der Waals surface area contributed by atoms with E-state index in [2.05, 4.69) is 15.9 Å². The molecule has 6 nitrogen and oxygen atoms in total. The van der Waals surface area contributed by atoms with Gasteiger partial charge in [0.05, 0.1) is 0 Å². The van der Waals surface area contributed by atoms with Gasteiger partial charge in [-0.25, -0.2) is 4.79 Å². The van der Waals surface area contributed by atoms with E-state index in [0.29, 0.717) is 18.5 Å². The van der Waals surface area contributed by atoms with Crippen molar-refractivity contribution in [1.29, 1.82) is 0 Å². The minimum absolute atomic E-state index is 0.0940. The number of carbonyl (C=O) groups excluding carboxylic acids is 1. The summed E-state index contributed by atoms with van der Waals surface area (Å²) in [7, 11) is 0. The van der Waals surface area contributed by atoms with Crippen LogP contribution in [0.15, 0.2) is 45.1 Å². The zero-order valence-electron chi connectivity index (χ0n) is 18.9. The van der Waals surface area contributed by atoms with E-state index in [1.54, 1.807) is 4.90 Å². The molecule has 1 aromatic carbocycles. The van der Waals surface area contributed by atoms with E-state index in [0.717, 1.165) is 61.0 Å². The molecule has 2 aliphatic rings. The molecule has 1 amide bonds. The molecule has 0 radical (unpaired) electrons. The van der Waals surface area contributed by atoms with Gasteiger partial charge in [-0.1, -0.05) is 11.6 Å². The highest BCUT2D eigenvalue weighted by molar-refractivity contribution is 5.96. The van der Waals surface area contributed by atoms with Gasteiger partial charge < -0.3 is 14.2 Å². The van der Waals surface area contributed by atoms with Crippen molar-refractivity contribution in [2.24, 2.45) is 0 Å². The highest BCUT2D eigenvalue weighted by atomic mass is 16.4. The van der Waals surface area contributed by atoms with Gasteiger partial charge in [-0.15, -0.1) is 0 Å². The van der Waals surface area contributed by atoms with Gasteiger partial charge in [0.1, 0.15) is 5.58 Å².